The van der Waals surface area contributed by atoms with Crippen LogP contribution in [0.15, 0.2) is 0 Å². The van der Waals surface area contributed by atoms with Gasteiger partial charge in [0.05, 0.1) is 24.5 Å². The van der Waals surface area contributed by atoms with Crippen molar-refractivity contribution in [1.82, 2.24) is 4.90 Å². The van der Waals surface area contributed by atoms with E-state index in [2.05, 4.69) is 10.2 Å². The lowest BCUT2D eigenvalue weighted by Crippen LogP contribution is -2.32. The SMILES string of the molecule is CCOC(=O)c1sc2c(c1NC(=O)CCCN1CCCCC1)CC(C)(C)OC2. The molecule has 28 heavy (non-hydrogen) atoms. The Kier molecular flexibility index (Phi) is 7.12. The third-order valence-electron chi connectivity index (χ3n) is 5.34. The molecule has 1 N–H and O–H groups in total. The molecule has 0 aromatic carbocycles. The van der Waals surface area contributed by atoms with Crippen LogP contribution in [-0.2, 0) is 27.3 Å². The maximum Gasteiger partial charge on any atom is 0.350 e. The molecule has 1 amide bonds. The van der Waals surface area contributed by atoms with E-state index in [1.54, 1.807) is 6.92 Å². The zero-order valence-electron chi connectivity index (χ0n) is 17.3. The number of likely N-dealkylation sites (tertiary alicyclic amines) is 1. The second-order valence-corrected chi connectivity index (χ2v) is 9.31. The molecule has 0 spiro atoms. The summed E-state index contributed by atoms with van der Waals surface area (Å²) in [6.07, 6.45) is 5.80. The van der Waals surface area contributed by atoms with Gasteiger partial charge in [0.2, 0.25) is 5.91 Å². The molecule has 2 aliphatic heterocycles. The Morgan fingerprint density at radius 2 is 2.00 bits per heavy atom. The predicted molar refractivity (Wildman–Crippen MR) is 111 cm³/mol. The third kappa shape index (κ3) is 5.33. The maximum atomic E-state index is 12.6. The smallest absolute Gasteiger partial charge is 0.350 e. The van der Waals surface area contributed by atoms with Crippen molar-refractivity contribution in [2.75, 3.05) is 31.6 Å². The first-order chi connectivity index (χ1) is 13.4. The molecule has 1 aromatic rings. The Balaban J connectivity index is 1.67. The summed E-state index contributed by atoms with van der Waals surface area (Å²) in [5, 5.41) is 3.03. The fourth-order valence-corrected chi connectivity index (χ4v) is 4.95. The molecule has 1 fully saturated rings. The largest absolute Gasteiger partial charge is 0.462 e. The first-order valence-corrected chi connectivity index (χ1v) is 11.2. The first-order valence-electron chi connectivity index (χ1n) is 10.4. The van der Waals surface area contributed by atoms with Crippen molar-refractivity contribution in [3.63, 3.8) is 0 Å². The average Bonchev–Trinajstić information content (AvgIpc) is 2.99. The fraction of sp³-hybridized carbons (Fsp3) is 0.714. The van der Waals surface area contributed by atoms with Crippen LogP contribution in [0.4, 0.5) is 5.69 Å². The topological polar surface area (TPSA) is 67.9 Å². The number of nitrogens with one attached hydrogen (secondary N) is 1. The van der Waals surface area contributed by atoms with Gasteiger partial charge >= 0.3 is 5.97 Å². The van der Waals surface area contributed by atoms with E-state index >= 15 is 0 Å². The summed E-state index contributed by atoms with van der Waals surface area (Å²) in [6, 6.07) is 0. The standard InChI is InChI=1S/C21H32N2O4S/c1-4-26-20(25)19-18(15-13-21(2,3)27-14-16(15)28-19)22-17(24)9-8-12-23-10-6-5-7-11-23/h4-14H2,1-3H3,(H,22,24). The van der Waals surface area contributed by atoms with Crippen LogP contribution < -0.4 is 5.32 Å². The van der Waals surface area contributed by atoms with E-state index in [1.165, 1.54) is 30.6 Å². The summed E-state index contributed by atoms with van der Waals surface area (Å²) >= 11 is 1.38. The highest BCUT2D eigenvalue weighted by Gasteiger charge is 2.33. The zero-order valence-corrected chi connectivity index (χ0v) is 18.1. The van der Waals surface area contributed by atoms with Gasteiger partial charge in [-0.25, -0.2) is 4.79 Å². The highest BCUT2D eigenvalue weighted by atomic mass is 32.1. The number of hydrogen-bond acceptors (Lipinski definition) is 6. The number of amides is 1. The summed E-state index contributed by atoms with van der Waals surface area (Å²) < 4.78 is 11.1. The molecule has 1 saturated heterocycles. The maximum absolute atomic E-state index is 12.6. The van der Waals surface area contributed by atoms with Crippen LogP contribution in [0.3, 0.4) is 0 Å². The van der Waals surface area contributed by atoms with Gasteiger partial charge in [-0.05, 0) is 65.2 Å². The van der Waals surface area contributed by atoms with Crippen molar-refractivity contribution in [3.05, 3.63) is 15.3 Å². The number of rotatable bonds is 7. The lowest BCUT2D eigenvalue weighted by Gasteiger charge is -2.30. The molecule has 2 aliphatic rings. The molecule has 7 heteroatoms. The van der Waals surface area contributed by atoms with Gasteiger partial charge in [0.1, 0.15) is 4.88 Å². The number of thiophene rings is 1. The fourth-order valence-electron chi connectivity index (χ4n) is 3.87. The van der Waals surface area contributed by atoms with Crippen LogP contribution in [0.5, 0.6) is 0 Å². The highest BCUT2D eigenvalue weighted by Crippen LogP contribution is 2.41. The Labute approximate surface area is 171 Å². The lowest BCUT2D eigenvalue weighted by molar-refractivity contribution is -0.116. The molecular formula is C21H32N2O4S. The summed E-state index contributed by atoms with van der Waals surface area (Å²) in [5.74, 6) is -0.407. The van der Waals surface area contributed by atoms with Crippen LogP contribution in [0, 0.1) is 0 Å². The van der Waals surface area contributed by atoms with E-state index in [4.69, 9.17) is 9.47 Å². The average molecular weight is 409 g/mol. The molecule has 3 heterocycles. The number of anilines is 1. The second-order valence-electron chi connectivity index (χ2n) is 8.21. The molecule has 156 valence electrons. The molecular weight excluding hydrogens is 376 g/mol. The van der Waals surface area contributed by atoms with Crippen LogP contribution >= 0.6 is 11.3 Å². The van der Waals surface area contributed by atoms with Crippen LogP contribution in [-0.4, -0.2) is 48.6 Å². The van der Waals surface area contributed by atoms with Crippen molar-refractivity contribution < 1.29 is 19.1 Å². The monoisotopic (exact) mass is 408 g/mol. The summed E-state index contributed by atoms with van der Waals surface area (Å²) in [7, 11) is 0. The van der Waals surface area contributed by atoms with Crippen LogP contribution in [0.1, 0.15) is 73.0 Å². The van der Waals surface area contributed by atoms with Gasteiger partial charge in [-0.2, -0.15) is 0 Å². The van der Waals surface area contributed by atoms with Gasteiger partial charge in [0.15, 0.2) is 0 Å². The van der Waals surface area contributed by atoms with Crippen molar-refractivity contribution >= 4 is 28.9 Å². The molecule has 6 nitrogen and oxygen atoms in total. The zero-order chi connectivity index (χ0) is 20.1. The quantitative estimate of drug-likeness (QED) is 0.691. The molecule has 0 atom stereocenters. The Hall–Kier alpha value is -1.44. The second kappa shape index (κ2) is 9.37. The van der Waals surface area contributed by atoms with Gasteiger partial charge < -0.3 is 19.7 Å². The third-order valence-corrected chi connectivity index (χ3v) is 6.52. The number of piperidine rings is 1. The minimum Gasteiger partial charge on any atom is -0.462 e. The van der Waals surface area contributed by atoms with Crippen LogP contribution in [0.25, 0.3) is 0 Å². The number of nitrogens with zero attached hydrogens (tertiary/aromatic N) is 1. The molecule has 3 rings (SSSR count). The predicted octanol–water partition coefficient (Wildman–Crippen LogP) is 3.98. The number of carbonyl (C=O) groups is 2. The van der Waals surface area contributed by atoms with E-state index in [0.717, 1.165) is 36.5 Å². The van der Waals surface area contributed by atoms with Gasteiger partial charge in [0.25, 0.3) is 0 Å². The van der Waals surface area contributed by atoms with Gasteiger partial charge in [0, 0.05) is 17.7 Å². The van der Waals surface area contributed by atoms with Crippen molar-refractivity contribution in [2.45, 2.75) is 71.5 Å². The normalized spacial score (nSPS) is 19.1. The highest BCUT2D eigenvalue weighted by molar-refractivity contribution is 7.14. The Morgan fingerprint density at radius 1 is 1.25 bits per heavy atom. The van der Waals surface area contributed by atoms with Crippen molar-refractivity contribution in [1.29, 1.82) is 0 Å². The minimum absolute atomic E-state index is 0.0348. The van der Waals surface area contributed by atoms with Crippen molar-refractivity contribution in [3.8, 4) is 0 Å². The molecule has 0 bridgehead atoms. The van der Waals surface area contributed by atoms with Crippen LogP contribution in [0.2, 0.25) is 0 Å². The number of hydrogen-bond donors (Lipinski definition) is 1. The van der Waals surface area contributed by atoms with Crippen molar-refractivity contribution in [2.24, 2.45) is 0 Å². The van der Waals surface area contributed by atoms with E-state index in [0.29, 0.717) is 36.6 Å². The van der Waals surface area contributed by atoms with Gasteiger partial charge in [-0.3, -0.25) is 4.79 Å². The first kappa shape index (κ1) is 21.3. The van der Waals surface area contributed by atoms with E-state index in [-0.39, 0.29) is 17.5 Å². The number of fused-ring (bicyclic) bond motifs is 1. The van der Waals surface area contributed by atoms with E-state index in [9.17, 15) is 9.59 Å². The molecule has 0 unspecified atom stereocenters. The minimum atomic E-state index is -0.372. The van der Waals surface area contributed by atoms with E-state index < -0.39 is 0 Å². The molecule has 1 aromatic heterocycles. The summed E-state index contributed by atoms with van der Waals surface area (Å²) in [4.78, 5) is 29.0. The van der Waals surface area contributed by atoms with E-state index in [1.807, 2.05) is 13.8 Å². The molecule has 0 aliphatic carbocycles. The lowest BCUT2D eigenvalue weighted by atomic mass is 9.94. The molecule has 0 saturated carbocycles. The number of esters is 1. The number of ether oxygens (including phenoxy) is 2. The number of carbonyl (C=O) groups excluding carboxylic acids is 2. The van der Waals surface area contributed by atoms with Gasteiger partial charge in [-0.15, -0.1) is 11.3 Å². The van der Waals surface area contributed by atoms with Gasteiger partial charge in [-0.1, -0.05) is 6.42 Å². The molecule has 0 radical (unpaired) electrons. The summed E-state index contributed by atoms with van der Waals surface area (Å²) in [6.45, 7) is 9.86. The Bertz CT molecular complexity index is 708. The summed E-state index contributed by atoms with van der Waals surface area (Å²) in [5.41, 5.74) is 1.35. The Morgan fingerprint density at radius 3 is 2.71 bits per heavy atom.